The molecule has 106 valence electrons. The highest BCUT2D eigenvalue weighted by molar-refractivity contribution is 9.09. The lowest BCUT2D eigenvalue weighted by molar-refractivity contribution is 0.259. The molecule has 0 radical (unpaired) electrons. The van der Waals surface area contributed by atoms with E-state index in [9.17, 15) is 0 Å². The van der Waals surface area contributed by atoms with Gasteiger partial charge in [0.2, 0.25) is 0 Å². The fourth-order valence-corrected chi connectivity index (χ4v) is 2.20. The average Bonchev–Trinajstić information content (AvgIpc) is 2.51. The summed E-state index contributed by atoms with van der Waals surface area (Å²) in [7, 11) is 0. The van der Waals surface area contributed by atoms with Crippen LogP contribution in [-0.4, -0.2) is 11.9 Å². The van der Waals surface area contributed by atoms with E-state index < -0.39 is 0 Å². The van der Waals surface area contributed by atoms with Crippen LogP contribution in [0, 0.1) is 0 Å². The molecule has 2 aromatic rings. The molecule has 0 atom stereocenters. The van der Waals surface area contributed by atoms with Gasteiger partial charge in [-0.3, -0.25) is 0 Å². The van der Waals surface area contributed by atoms with Gasteiger partial charge in [0.05, 0.1) is 6.61 Å². The molecule has 0 amide bonds. The highest BCUT2D eigenvalue weighted by Crippen LogP contribution is 2.27. The van der Waals surface area contributed by atoms with Crippen molar-refractivity contribution in [3.8, 4) is 11.5 Å². The van der Waals surface area contributed by atoms with Crippen molar-refractivity contribution in [2.24, 2.45) is 0 Å². The average molecular weight is 335 g/mol. The molecular formula is C17H19BrO2. The van der Waals surface area contributed by atoms with Gasteiger partial charge in [0, 0.05) is 5.33 Å². The van der Waals surface area contributed by atoms with Gasteiger partial charge in [-0.15, -0.1) is 0 Å². The van der Waals surface area contributed by atoms with E-state index in [1.54, 1.807) is 0 Å². The van der Waals surface area contributed by atoms with Crippen LogP contribution >= 0.6 is 15.9 Å². The smallest absolute Gasteiger partial charge is 0.161 e. The number of unbranched alkanes of at least 4 members (excludes halogenated alkanes) is 1. The van der Waals surface area contributed by atoms with Crippen molar-refractivity contribution in [1.82, 2.24) is 0 Å². The third kappa shape index (κ3) is 4.89. The van der Waals surface area contributed by atoms with Crippen LogP contribution in [-0.2, 0) is 6.61 Å². The normalized spacial score (nSPS) is 10.2. The molecule has 0 aliphatic carbocycles. The summed E-state index contributed by atoms with van der Waals surface area (Å²) in [6, 6.07) is 18.0. The maximum absolute atomic E-state index is 5.85. The third-order valence-electron chi connectivity index (χ3n) is 2.87. The minimum absolute atomic E-state index is 0.558. The molecule has 3 heteroatoms. The molecule has 0 heterocycles. The molecular weight excluding hydrogens is 316 g/mol. The van der Waals surface area contributed by atoms with Gasteiger partial charge in [0.15, 0.2) is 11.5 Å². The number of halogens is 1. The Labute approximate surface area is 128 Å². The molecule has 2 rings (SSSR count). The van der Waals surface area contributed by atoms with Crippen molar-refractivity contribution < 1.29 is 9.47 Å². The minimum atomic E-state index is 0.558. The molecule has 0 aromatic heterocycles. The summed E-state index contributed by atoms with van der Waals surface area (Å²) in [6.45, 7) is 1.28. The molecule has 0 saturated heterocycles. The number of ether oxygens (including phenoxy) is 2. The second-order valence-corrected chi connectivity index (χ2v) is 5.26. The van der Waals surface area contributed by atoms with Crippen LogP contribution in [0.5, 0.6) is 11.5 Å². The van der Waals surface area contributed by atoms with Crippen molar-refractivity contribution >= 4 is 15.9 Å². The second kappa shape index (κ2) is 8.64. The molecule has 0 N–H and O–H groups in total. The lowest BCUT2D eigenvalue weighted by atomic mass is 10.2. The number of hydrogen-bond acceptors (Lipinski definition) is 2. The SMILES string of the molecule is BrCCCCOc1ccccc1OCc1ccccc1. The molecule has 2 nitrogen and oxygen atoms in total. The Kier molecular flexibility index (Phi) is 6.45. The Bertz CT molecular complexity index is 499. The van der Waals surface area contributed by atoms with E-state index in [0.717, 1.165) is 41.8 Å². The van der Waals surface area contributed by atoms with E-state index in [-0.39, 0.29) is 0 Å². The van der Waals surface area contributed by atoms with Crippen molar-refractivity contribution in [1.29, 1.82) is 0 Å². The van der Waals surface area contributed by atoms with Crippen molar-refractivity contribution in [2.45, 2.75) is 19.4 Å². The number of para-hydroxylation sites is 2. The summed E-state index contributed by atoms with van der Waals surface area (Å²) in [4.78, 5) is 0. The zero-order chi connectivity index (χ0) is 14.0. The Morgan fingerprint density at radius 2 is 1.40 bits per heavy atom. The van der Waals surface area contributed by atoms with Crippen LogP contribution < -0.4 is 9.47 Å². The van der Waals surface area contributed by atoms with Crippen LogP contribution in [0.2, 0.25) is 0 Å². The predicted octanol–water partition coefficient (Wildman–Crippen LogP) is 4.82. The molecule has 20 heavy (non-hydrogen) atoms. The van der Waals surface area contributed by atoms with Gasteiger partial charge in [0.1, 0.15) is 6.61 Å². The zero-order valence-corrected chi connectivity index (χ0v) is 13.0. The van der Waals surface area contributed by atoms with E-state index in [0.29, 0.717) is 6.61 Å². The second-order valence-electron chi connectivity index (χ2n) is 4.47. The number of alkyl halides is 1. The largest absolute Gasteiger partial charge is 0.490 e. The van der Waals surface area contributed by atoms with Crippen LogP contribution in [0.1, 0.15) is 18.4 Å². The maximum atomic E-state index is 5.85. The quantitative estimate of drug-likeness (QED) is 0.509. The molecule has 0 unspecified atom stereocenters. The highest BCUT2D eigenvalue weighted by atomic mass is 79.9. The highest BCUT2D eigenvalue weighted by Gasteiger charge is 2.04. The van der Waals surface area contributed by atoms with Gasteiger partial charge in [0.25, 0.3) is 0 Å². The van der Waals surface area contributed by atoms with E-state index in [1.807, 2.05) is 42.5 Å². The molecule has 0 saturated carbocycles. The first-order chi connectivity index (χ1) is 9.90. The van der Waals surface area contributed by atoms with Crippen LogP contribution in [0.3, 0.4) is 0 Å². The third-order valence-corrected chi connectivity index (χ3v) is 3.43. The van der Waals surface area contributed by atoms with E-state index >= 15 is 0 Å². The van der Waals surface area contributed by atoms with E-state index in [1.165, 1.54) is 0 Å². The first-order valence-electron chi connectivity index (χ1n) is 6.84. The summed E-state index contributed by atoms with van der Waals surface area (Å²) < 4.78 is 11.6. The molecule has 0 fully saturated rings. The molecule has 0 bridgehead atoms. The number of rotatable bonds is 8. The fraction of sp³-hybridized carbons (Fsp3) is 0.294. The molecule has 0 aliphatic heterocycles. The standard InChI is InChI=1S/C17H19BrO2/c18-12-6-7-13-19-16-10-4-5-11-17(16)20-14-15-8-2-1-3-9-15/h1-5,8-11H,6-7,12-14H2. The number of hydrogen-bond donors (Lipinski definition) is 0. The first kappa shape index (κ1) is 14.9. The summed E-state index contributed by atoms with van der Waals surface area (Å²) in [5.41, 5.74) is 1.15. The molecule has 0 spiro atoms. The van der Waals surface area contributed by atoms with Crippen LogP contribution in [0.25, 0.3) is 0 Å². The van der Waals surface area contributed by atoms with Crippen molar-refractivity contribution in [2.75, 3.05) is 11.9 Å². The monoisotopic (exact) mass is 334 g/mol. The minimum Gasteiger partial charge on any atom is -0.490 e. The van der Waals surface area contributed by atoms with Gasteiger partial charge in [-0.1, -0.05) is 58.4 Å². The topological polar surface area (TPSA) is 18.5 Å². The Morgan fingerprint density at radius 1 is 0.750 bits per heavy atom. The predicted molar refractivity (Wildman–Crippen MR) is 85.7 cm³/mol. The van der Waals surface area contributed by atoms with Gasteiger partial charge < -0.3 is 9.47 Å². The lowest BCUT2D eigenvalue weighted by Crippen LogP contribution is -2.01. The number of benzene rings is 2. The Morgan fingerprint density at radius 3 is 2.10 bits per heavy atom. The fourth-order valence-electron chi connectivity index (χ4n) is 1.80. The molecule has 0 aliphatic rings. The summed E-state index contributed by atoms with van der Waals surface area (Å²) in [5.74, 6) is 1.62. The molecule has 2 aromatic carbocycles. The Balaban J connectivity index is 1.90. The van der Waals surface area contributed by atoms with Crippen LogP contribution in [0.4, 0.5) is 0 Å². The zero-order valence-electron chi connectivity index (χ0n) is 11.4. The van der Waals surface area contributed by atoms with E-state index in [4.69, 9.17) is 9.47 Å². The maximum Gasteiger partial charge on any atom is 0.161 e. The van der Waals surface area contributed by atoms with Gasteiger partial charge in [-0.2, -0.15) is 0 Å². The summed E-state index contributed by atoms with van der Waals surface area (Å²) >= 11 is 3.42. The Hall–Kier alpha value is -1.48. The summed E-state index contributed by atoms with van der Waals surface area (Å²) in [6.07, 6.45) is 2.16. The van der Waals surface area contributed by atoms with Gasteiger partial charge >= 0.3 is 0 Å². The van der Waals surface area contributed by atoms with E-state index in [2.05, 4.69) is 28.1 Å². The van der Waals surface area contributed by atoms with Crippen molar-refractivity contribution in [3.05, 3.63) is 60.2 Å². The van der Waals surface area contributed by atoms with Crippen LogP contribution in [0.15, 0.2) is 54.6 Å². The lowest BCUT2D eigenvalue weighted by Gasteiger charge is -2.12. The van der Waals surface area contributed by atoms with Crippen molar-refractivity contribution in [3.63, 3.8) is 0 Å². The van der Waals surface area contributed by atoms with Gasteiger partial charge in [-0.25, -0.2) is 0 Å². The van der Waals surface area contributed by atoms with Gasteiger partial charge in [-0.05, 0) is 30.5 Å². The summed E-state index contributed by atoms with van der Waals surface area (Å²) in [5, 5.41) is 1.02. The first-order valence-corrected chi connectivity index (χ1v) is 7.97.